The van der Waals surface area contributed by atoms with Gasteiger partial charge in [0, 0.05) is 32.1 Å². The van der Waals surface area contributed by atoms with E-state index in [2.05, 4.69) is 0 Å². The summed E-state index contributed by atoms with van der Waals surface area (Å²) in [5.41, 5.74) is 1.47. The molecule has 0 bridgehead atoms. The Hall–Kier alpha value is -2.78. The number of hydrogen-bond acceptors (Lipinski definition) is 5. The molecule has 0 unspecified atom stereocenters. The Morgan fingerprint density at radius 3 is 2.38 bits per heavy atom. The number of nitro benzene ring substituents is 1. The lowest BCUT2D eigenvalue weighted by molar-refractivity contribution is -0.384. The molecule has 0 radical (unpaired) electrons. The molecule has 9 heteroatoms. The van der Waals surface area contributed by atoms with Crippen molar-refractivity contribution in [1.29, 1.82) is 0 Å². The maximum absolute atomic E-state index is 12.2. The van der Waals surface area contributed by atoms with Crippen LogP contribution in [-0.4, -0.2) is 31.2 Å². The molecule has 0 aliphatic carbocycles. The molecule has 0 spiro atoms. The number of amides is 1. The molecular formula is C17H19N3O5S. The van der Waals surface area contributed by atoms with Crippen molar-refractivity contribution >= 4 is 21.6 Å². The van der Waals surface area contributed by atoms with Gasteiger partial charge in [-0.05, 0) is 29.7 Å². The summed E-state index contributed by atoms with van der Waals surface area (Å²) in [4.78, 5) is 24.1. The number of non-ortho nitro benzene ring substituents is 1. The van der Waals surface area contributed by atoms with Crippen LogP contribution in [0.2, 0.25) is 0 Å². The summed E-state index contributed by atoms with van der Waals surface area (Å²) in [6, 6.07) is 12.2. The molecule has 0 fully saturated rings. The predicted molar refractivity (Wildman–Crippen MR) is 95.7 cm³/mol. The van der Waals surface area contributed by atoms with E-state index in [0.717, 1.165) is 5.56 Å². The topological polar surface area (TPSA) is 124 Å². The van der Waals surface area contributed by atoms with Crippen molar-refractivity contribution in [2.75, 3.05) is 7.05 Å². The van der Waals surface area contributed by atoms with Crippen LogP contribution in [0, 0.1) is 10.1 Å². The van der Waals surface area contributed by atoms with Crippen molar-refractivity contribution in [3.63, 3.8) is 0 Å². The molecule has 8 nitrogen and oxygen atoms in total. The van der Waals surface area contributed by atoms with E-state index in [1.807, 2.05) is 0 Å². The van der Waals surface area contributed by atoms with E-state index in [-0.39, 0.29) is 29.5 Å². The van der Waals surface area contributed by atoms with E-state index in [1.165, 1.54) is 29.2 Å². The quantitative estimate of drug-likeness (QED) is 0.582. The lowest BCUT2D eigenvalue weighted by Crippen LogP contribution is -2.26. The van der Waals surface area contributed by atoms with Gasteiger partial charge in [-0.1, -0.05) is 24.3 Å². The predicted octanol–water partition coefficient (Wildman–Crippen LogP) is 1.83. The maximum atomic E-state index is 12.2. The number of sulfonamides is 1. The molecule has 2 aromatic rings. The number of aryl methyl sites for hydroxylation is 1. The van der Waals surface area contributed by atoms with Crippen molar-refractivity contribution in [2.45, 2.75) is 24.3 Å². The SMILES string of the molecule is CN(Cc1cccc([N+](=O)[O-])c1)C(=O)CCc1ccc(S(N)(=O)=O)cc1. The Morgan fingerprint density at radius 1 is 1.15 bits per heavy atom. The first kappa shape index (κ1) is 19.5. The van der Waals surface area contributed by atoms with Crippen molar-refractivity contribution in [2.24, 2.45) is 5.14 Å². The van der Waals surface area contributed by atoms with Gasteiger partial charge in [-0.15, -0.1) is 0 Å². The van der Waals surface area contributed by atoms with Gasteiger partial charge in [-0.2, -0.15) is 0 Å². The van der Waals surface area contributed by atoms with E-state index in [4.69, 9.17) is 5.14 Å². The molecule has 0 atom stereocenters. The molecule has 0 aliphatic rings. The average molecular weight is 377 g/mol. The summed E-state index contributed by atoms with van der Waals surface area (Å²) < 4.78 is 22.4. The highest BCUT2D eigenvalue weighted by atomic mass is 32.2. The zero-order chi connectivity index (χ0) is 19.3. The first-order chi connectivity index (χ1) is 12.2. The average Bonchev–Trinajstić information content (AvgIpc) is 2.59. The molecule has 0 saturated heterocycles. The number of rotatable bonds is 7. The second kappa shape index (κ2) is 8.07. The molecule has 2 aromatic carbocycles. The van der Waals surface area contributed by atoms with Crippen molar-refractivity contribution < 1.29 is 18.1 Å². The Labute approximate surface area is 151 Å². The second-order valence-corrected chi connectivity index (χ2v) is 7.43. The van der Waals surface area contributed by atoms with Crippen LogP contribution in [0.3, 0.4) is 0 Å². The highest BCUT2D eigenvalue weighted by Gasteiger charge is 2.12. The summed E-state index contributed by atoms with van der Waals surface area (Å²) in [5.74, 6) is -0.118. The zero-order valence-corrected chi connectivity index (χ0v) is 15.0. The van der Waals surface area contributed by atoms with Gasteiger partial charge >= 0.3 is 0 Å². The normalized spacial score (nSPS) is 11.2. The fraction of sp³-hybridized carbons (Fsp3) is 0.235. The Bertz CT molecular complexity index is 910. The second-order valence-electron chi connectivity index (χ2n) is 5.87. The molecule has 1 amide bonds. The van der Waals surface area contributed by atoms with E-state index < -0.39 is 14.9 Å². The van der Waals surface area contributed by atoms with Crippen LogP contribution in [0.15, 0.2) is 53.4 Å². The molecule has 0 aromatic heterocycles. The Balaban J connectivity index is 1.93. The van der Waals surface area contributed by atoms with E-state index in [0.29, 0.717) is 12.0 Å². The number of carbonyl (C=O) groups is 1. The van der Waals surface area contributed by atoms with E-state index in [9.17, 15) is 23.3 Å². The third-order valence-corrected chi connectivity index (χ3v) is 4.78. The Morgan fingerprint density at radius 2 is 1.81 bits per heavy atom. The van der Waals surface area contributed by atoms with E-state index >= 15 is 0 Å². The largest absolute Gasteiger partial charge is 0.341 e. The summed E-state index contributed by atoms with van der Waals surface area (Å²) >= 11 is 0. The summed E-state index contributed by atoms with van der Waals surface area (Å²) in [6.07, 6.45) is 0.684. The van der Waals surface area contributed by atoms with Crippen LogP contribution in [0.4, 0.5) is 5.69 Å². The Kier molecular flexibility index (Phi) is 6.06. The number of hydrogen-bond donors (Lipinski definition) is 1. The minimum absolute atomic E-state index is 0.0155. The maximum Gasteiger partial charge on any atom is 0.269 e. The third kappa shape index (κ3) is 5.36. The van der Waals surface area contributed by atoms with E-state index in [1.54, 1.807) is 31.3 Å². The van der Waals surface area contributed by atoms with Gasteiger partial charge < -0.3 is 4.90 Å². The van der Waals surface area contributed by atoms with Gasteiger partial charge in [-0.25, -0.2) is 13.6 Å². The number of nitro groups is 1. The fourth-order valence-corrected chi connectivity index (χ4v) is 2.93. The summed E-state index contributed by atoms with van der Waals surface area (Å²) in [6.45, 7) is 0.269. The number of nitrogens with zero attached hydrogens (tertiary/aromatic N) is 2. The summed E-state index contributed by atoms with van der Waals surface area (Å²) in [5, 5.41) is 15.8. The van der Waals surface area contributed by atoms with Gasteiger partial charge in [0.25, 0.3) is 5.69 Å². The fourth-order valence-electron chi connectivity index (χ4n) is 2.42. The smallest absolute Gasteiger partial charge is 0.269 e. The lowest BCUT2D eigenvalue weighted by atomic mass is 10.1. The molecule has 0 aliphatic heterocycles. The third-order valence-electron chi connectivity index (χ3n) is 3.85. The molecule has 26 heavy (non-hydrogen) atoms. The number of benzene rings is 2. The van der Waals surface area contributed by atoms with Crippen molar-refractivity contribution in [3.05, 3.63) is 69.8 Å². The summed E-state index contributed by atoms with van der Waals surface area (Å²) in [7, 11) is -2.10. The standard InChI is InChI=1S/C17H19N3O5S/c1-19(12-14-3-2-4-15(11-14)20(22)23)17(21)10-7-13-5-8-16(9-6-13)26(18,24)25/h2-6,8-9,11H,7,10,12H2,1H3,(H2,18,24,25). The van der Waals surface area contributed by atoms with Gasteiger partial charge in [0.05, 0.1) is 9.82 Å². The minimum atomic E-state index is -3.73. The van der Waals surface area contributed by atoms with Crippen molar-refractivity contribution in [3.8, 4) is 0 Å². The first-order valence-electron chi connectivity index (χ1n) is 7.76. The molecule has 0 saturated carbocycles. The molecular weight excluding hydrogens is 358 g/mol. The van der Waals surface area contributed by atoms with Gasteiger partial charge in [-0.3, -0.25) is 14.9 Å². The number of primary sulfonamides is 1. The van der Waals surface area contributed by atoms with Crippen LogP contribution >= 0.6 is 0 Å². The van der Waals surface area contributed by atoms with Crippen LogP contribution in [0.1, 0.15) is 17.5 Å². The van der Waals surface area contributed by atoms with Gasteiger partial charge in [0.1, 0.15) is 0 Å². The molecule has 138 valence electrons. The lowest BCUT2D eigenvalue weighted by Gasteiger charge is -2.17. The van der Waals surface area contributed by atoms with Crippen LogP contribution in [-0.2, 0) is 27.8 Å². The zero-order valence-electron chi connectivity index (χ0n) is 14.2. The van der Waals surface area contributed by atoms with Crippen LogP contribution < -0.4 is 5.14 Å². The molecule has 2 rings (SSSR count). The monoisotopic (exact) mass is 377 g/mol. The number of nitrogens with two attached hydrogens (primary N) is 1. The number of carbonyl (C=O) groups excluding carboxylic acids is 1. The molecule has 0 heterocycles. The molecule has 2 N–H and O–H groups in total. The minimum Gasteiger partial charge on any atom is -0.341 e. The van der Waals surface area contributed by atoms with Gasteiger partial charge in [0.15, 0.2) is 0 Å². The van der Waals surface area contributed by atoms with Crippen LogP contribution in [0.5, 0.6) is 0 Å². The first-order valence-corrected chi connectivity index (χ1v) is 9.30. The highest BCUT2D eigenvalue weighted by Crippen LogP contribution is 2.15. The van der Waals surface area contributed by atoms with Crippen molar-refractivity contribution in [1.82, 2.24) is 4.90 Å². The van der Waals surface area contributed by atoms with Gasteiger partial charge in [0.2, 0.25) is 15.9 Å². The van der Waals surface area contributed by atoms with Crippen LogP contribution in [0.25, 0.3) is 0 Å². The highest BCUT2D eigenvalue weighted by molar-refractivity contribution is 7.89.